The molecule has 1 fully saturated rings. The van der Waals surface area contributed by atoms with Crippen molar-refractivity contribution in [1.82, 2.24) is 10.2 Å². The number of rotatable bonds is 8. The van der Waals surface area contributed by atoms with Crippen LogP contribution < -0.4 is 5.32 Å². The highest BCUT2D eigenvalue weighted by Crippen LogP contribution is 2.18. The minimum Gasteiger partial charge on any atom is -0.466 e. The molecule has 0 radical (unpaired) electrons. The number of carbonyl (C=O) groups excluding carboxylic acids is 2. The van der Waals surface area contributed by atoms with Crippen LogP contribution in [0.4, 0.5) is 0 Å². The molecule has 1 heterocycles. The van der Waals surface area contributed by atoms with E-state index in [9.17, 15) is 14.7 Å². The van der Waals surface area contributed by atoms with Crippen molar-refractivity contribution >= 4 is 11.9 Å². The number of ether oxygens (including phenoxy) is 1. The van der Waals surface area contributed by atoms with Gasteiger partial charge in [0, 0.05) is 19.5 Å². The summed E-state index contributed by atoms with van der Waals surface area (Å²) in [7, 11) is 0. The van der Waals surface area contributed by atoms with Crippen LogP contribution in [0.25, 0.3) is 0 Å². The number of hydrogen-bond acceptors (Lipinski definition) is 5. The highest BCUT2D eigenvalue weighted by molar-refractivity contribution is 5.78. The topological polar surface area (TPSA) is 78.9 Å². The van der Waals surface area contributed by atoms with Crippen LogP contribution in [0.1, 0.15) is 33.1 Å². The van der Waals surface area contributed by atoms with Gasteiger partial charge in [-0.1, -0.05) is 0 Å². The molecule has 0 aliphatic carbocycles. The average Bonchev–Trinajstić information content (AvgIpc) is 2.83. The molecule has 6 nitrogen and oxygen atoms in total. The van der Waals surface area contributed by atoms with Gasteiger partial charge in [0.15, 0.2) is 0 Å². The number of amides is 1. The second-order valence-electron chi connectivity index (χ2n) is 5.28. The van der Waals surface area contributed by atoms with Gasteiger partial charge in [-0.3, -0.25) is 14.5 Å². The molecule has 1 rings (SSSR count). The van der Waals surface area contributed by atoms with E-state index in [0.29, 0.717) is 32.5 Å². The Balaban J connectivity index is 2.08. The Labute approximate surface area is 120 Å². The van der Waals surface area contributed by atoms with E-state index in [0.717, 1.165) is 19.5 Å². The van der Waals surface area contributed by atoms with Crippen LogP contribution in [0.2, 0.25) is 0 Å². The molecule has 20 heavy (non-hydrogen) atoms. The summed E-state index contributed by atoms with van der Waals surface area (Å²) in [6, 6.07) is 0. The van der Waals surface area contributed by atoms with Gasteiger partial charge in [0.2, 0.25) is 5.91 Å². The Kier molecular flexibility index (Phi) is 7.54. The van der Waals surface area contributed by atoms with E-state index < -0.39 is 0 Å². The summed E-state index contributed by atoms with van der Waals surface area (Å²) in [6.07, 6.45) is 1.56. The van der Waals surface area contributed by atoms with Crippen molar-refractivity contribution in [2.45, 2.75) is 39.2 Å². The van der Waals surface area contributed by atoms with Gasteiger partial charge in [-0.15, -0.1) is 0 Å². The normalized spacial score (nSPS) is 20.6. The van der Waals surface area contributed by atoms with Gasteiger partial charge in [-0.2, -0.15) is 0 Å². The Bertz CT molecular complexity index is 320. The first-order chi connectivity index (χ1) is 9.52. The monoisotopic (exact) mass is 286 g/mol. The predicted octanol–water partition coefficient (Wildman–Crippen LogP) is 0.149. The fourth-order valence-electron chi connectivity index (χ4n) is 2.35. The summed E-state index contributed by atoms with van der Waals surface area (Å²) in [5, 5.41) is 12.3. The Morgan fingerprint density at radius 3 is 2.85 bits per heavy atom. The summed E-state index contributed by atoms with van der Waals surface area (Å²) in [6.45, 7) is 6.44. The minimum absolute atomic E-state index is 0.0277. The summed E-state index contributed by atoms with van der Waals surface area (Å²) in [5.41, 5.74) is 0. The molecule has 1 saturated heterocycles. The number of esters is 1. The SMILES string of the molecule is CCOC(=O)CCCNC(=O)CN1CCC(C(C)O)C1. The third kappa shape index (κ3) is 6.34. The lowest BCUT2D eigenvalue weighted by Crippen LogP contribution is -2.37. The quantitative estimate of drug-likeness (QED) is 0.490. The van der Waals surface area contributed by atoms with E-state index >= 15 is 0 Å². The highest BCUT2D eigenvalue weighted by atomic mass is 16.5. The molecular weight excluding hydrogens is 260 g/mol. The summed E-state index contributed by atoms with van der Waals surface area (Å²) in [4.78, 5) is 24.9. The Hall–Kier alpha value is -1.14. The van der Waals surface area contributed by atoms with Gasteiger partial charge >= 0.3 is 5.97 Å². The number of nitrogens with zero attached hydrogens (tertiary/aromatic N) is 1. The molecule has 1 amide bonds. The first kappa shape index (κ1) is 16.9. The lowest BCUT2D eigenvalue weighted by atomic mass is 10.0. The van der Waals surface area contributed by atoms with Crippen LogP contribution in [-0.4, -0.2) is 60.8 Å². The van der Waals surface area contributed by atoms with E-state index in [1.807, 2.05) is 0 Å². The summed E-state index contributed by atoms with van der Waals surface area (Å²) in [5.74, 6) is 0.0211. The van der Waals surface area contributed by atoms with Gasteiger partial charge in [-0.25, -0.2) is 0 Å². The lowest BCUT2D eigenvalue weighted by molar-refractivity contribution is -0.143. The van der Waals surface area contributed by atoms with Crippen LogP contribution in [0.3, 0.4) is 0 Å². The first-order valence-corrected chi connectivity index (χ1v) is 7.35. The zero-order chi connectivity index (χ0) is 15.0. The zero-order valence-corrected chi connectivity index (χ0v) is 12.4. The minimum atomic E-state index is -0.312. The first-order valence-electron chi connectivity index (χ1n) is 7.35. The maximum Gasteiger partial charge on any atom is 0.305 e. The summed E-state index contributed by atoms with van der Waals surface area (Å²) >= 11 is 0. The number of aliphatic hydroxyl groups excluding tert-OH is 1. The lowest BCUT2D eigenvalue weighted by Gasteiger charge is -2.16. The van der Waals surface area contributed by atoms with E-state index in [1.165, 1.54) is 0 Å². The van der Waals surface area contributed by atoms with Crippen LogP contribution in [-0.2, 0) is 14.3 Å². The second-order valence-corrected chi connectivity index (χ2v) is 5.28. The summed E-state index contributed by atoms with van der Waals surface area (Å²) < 4.78 is 4.81. The van der Waals surface area contributed by atoms with Gasteiger partial charge < -0.3 is 15.2 Å². The number of carbonyl (C=O) groups is 2. The fourth-order valence-corrected chi connectivity index (χ4v) is 2.35. The smallest absolute Gasteiger partial charge is 0.305 e. The number of nitrogens with one attached hydrogen (secondary N) is 1. The average molecular weight is 286 g/mol. The van der Waals surface area contributed by atoms with E-state index in [-0.39, 0.29) is 23.9 Å². The molecule has 1 aliphatic heterocycles. The second kappa shape index (κ2) is 8.92. The molecule has 0 aromatic heterocycles. The highest BCUT2D eigenvalue weighted by Gasteiger charge is 2.26. The molecule has 0 bridgehead atoms. The van der Waals surface area contributed by atoms with Crippen molar-refractivity contribution < 1.29 is 19.4 Å². The van der Waals surface area contributed by atoms with Gasteiger partial charge in [0.1, 0.15) is 0 Å². The van der Waals surface area contributed by atoms with Crippen molar-refractivity contribution in [1.29, 1.82) is 0 Å². The molecule has 2 unspecified atom stereocenters. The van der Waals surface area contributed by atoms with Gasteiger partial charge in [-0.05, 0) is 39.2 Å². The van der Waals surface area contributed by atoms with Crippen molar-refractivity contribution in [3.63, 3.8) is 0 Å². The zero-order valence-electron chi connectivity index (χ0n) is 12.4. The maximum atomic E-state index is 11.7. The Morgan fingerprint density at radius 1 is 1.50 bits per heavy atom. The van der Waals surface area contributed by atoms with Crippen molar-refractivity contribution in [3.05, 3.63) is 0 Å². The molecule has 0 saturated carbocycles. The standard InChI is InChI=1S/C14H26N2O4/c1-3-20-14(19)5-4-7-15-13(18)10-16-8-6-12(9-16)11(2)17/h11-12,17H,3-10H2,1-2H3,(H,15,18). The van der Waals surface area contributed by atoms with Crippen LogP contribution in [0.15, 0.2) is 0 Å². The molecule has 0 aromatic rings. The Morgan fingerprint density at radius 2 is 2.25 bits per heavy atom. The molecule has 116 valence electrons. The largest absolute Gasteiger partial charge is 0.466 e. The van der Waals surface area contributed by atoms with Gasteiger partial charge in [0.25, 0.3) is 0 Å². The van der Waals surface area contributed by atoms with Crippen molar-refractivity contribution in [3.8, 4) is 0 Å². The number of hydrogen-bond donors (Lipinski definition) is 2. The van der Waals surface area contributed by atoms with Crippen LogP contribution in [0.5, 0.6) is 0 Å². The molecule has 0 aromatic carbocycles. The van der Waals surface area contributed by atoms with Crippen molar-refractivity contribution in [2.24, 2.45) is 5.92 Å². The maximum absolute atomic E-state index is 11.7. The molecule has 2 atom stereocenters. The molecule has 1 aliphatic rings. The molecule has 0 spiro atoms. The van der Waals surface area contributed by atoms with Crippen LogP contribution in [0, 0.1) is 5.92 Å². The van der Waals surface area contributed by atoms with E-state index in [4.69, 9.17) is 4.74 Å². The van der Waals surface area contributed by atoms with Crippen LogP contribution >= 0.6 is 0 Å². The van der Waals surface area contributed by atoms with E-state index in [2.05, 4.69) is 10.2 Å². The molecular formula is C14H26N2O4. The van der Waals surface area contributed by atoms with Crippen molar-refractivity contribution in [2.75, 3.05) is 32.8 Å². The molecule has 6 heteroatoms. The van der Waals surface area contributed by atoms with E-state index in [1.54, 1.807) is 13.8 Å². The number of likely N-dealkylation sites (tertiary alicyclic amines) is 1. The number of aliphatic hydroxyl groups is 1. The third-order valence-corrected chi connectivity index (χ3v) is 3.54. The fraction of sp³-hybridized carbons (Fsp3) is 0.857. The third-order valence-electron chi connectivity index (χ3n) is 3.54. The van der Waals surface area contributed by atoms with Gasteiger partial charge in [0.05, 0.1) is 19.3 Å². The predicted molar refractivity (Wildman–Crippen MR) is 75.1 cm³/mol. The molecule has 2 N–H and O–H groups in total.